The van der Waals surface area contributed by atoms with Crippen LogP contribution in [0.25, 0.3) is 0 Å². The molecule has 0 rings (SSSR count). The second kappa shape index (κ2) is 8.31. The summed E-state index contributed by atoms with van der Waals surface area (Å²) in [5.74, 6) is -1.69. The number of rotatable bonds is 6. The van der Waals surface area contributed by atoms with Gasteiger partial charge in [0.15, 0.2) is 0 Å². The lowest BCUT2D eigenvalue weighted by molar-refractivity contribution is -0.132. The highest BCUT2D eigenvalue weighted by Crippen LogP contribution is 2.20. The van der Waals surface area contributed by atoms with Crippen LogP contribution in [0.4, 0.5) is 0 Å². The molecule has 0 unspecified atom stereocenters. The molecule has 6 nitrogen and oxygen atoms in total. The molecule has 0 aliphatic carbocycles. The monoisotopic (exact) mass is 398 g/mol. The highest BCUT2D eigenvalue weighted by Gasteiger charge is 2.19. The highest BCUT2D eigenvalue weighted by atomic mass is 79.9. The Bertz CT molecular complexity index is 409. The van der Waals surface area contributed by atoms with E-state index in [1.807, 2.05) is 0 Å². The smallest absolute Gasteiger partial charge is 0.344 e. The van der Waals surface area contributed by atoms with Crippen molar-refractivity contribution in [2.75, 3.05) is 27.2 Å². The van der Waals surface area contributed by atoms with Gasteiger partial charge in [0.25, 0.3) is 5.91 Å². The number of carboxylic acids is 1. The van der Waals surface area contributed by atoms with E-state index >= 15 is 0 Å². The zero-order valence-corrected chi connectivity index (χ0v) is 14.1. The summed E-state index contributed by atoms with van der Waals surface area (Å²) < 4.78 is -0.257. The van der Waals surface area contributed by atoms with Gasteiger partial charge in [-0.15, -0.1) is 0 Å². The Balaban J connectivity index is 4.41. The van der Waals surface area contributed by atoms with Crippen molar-refractivity contribution in [3.63, 3.8) is 0 Å². The standard InChI is InChI=1S/C11H16Br2N2O4/c1-7(16)14(2)5-4-6-15(3)10(17)8(12)9(13)11(18)19/h4-6H2,1-3H3,(H,18,19)/b9-8-. The molecule has 0 saturated carbocycles. The van der Waals surface area contributed by atoms with Crippen LogP contribution in [0.2, 0.25) is 0 Å². The molecule has 0 aliphatic heterocycles. The van der Waals surface area contributed by atoms with Crippen molar-refractivity contribution in [3.8, 4) is 0 Å². The van der Waals surface area contributed by atoms with E-state index < -0.39 is 11.9 Å². The molecule has 0 heterocycles. The number of hydrogen-bond acceptors (Lipinski definition) is 3. The summed E-state index contributed by atoms with van der Waals surface area (Å²) in [7, 11) is 3.25. The van der Waals surface area contributed by atoms with E-state index in [-0.39, 0.29) is 14.9 Å². The van der Waals surface area contributed by atoms with E-state index in [2.05, 4.69) is 31.9 Å². The molecule has 1 N–H and O–H groups in total. The van der Waals surface area contributed by atoms with Gasteiger partial charge >= 0.3 is 5.97 Å². The van der Waals surface area contributed by atoms with Crippen LogP contribution in [0.15, 0.2) is 8.96 Å². The fraction of sp³-hybridized carbons (Fsp3) is 0.545. The number of amides is 2. The molecule has 8 heteroatoms. The number of halogens is 2. The van der Waals surface area contributed by atoms with Crippen LogP contribution in [0, 0.1) is 0 Å². The van der Waals surface area contributed by atoms with Crippen molar-refractivity contribution in [3.05, 3.63) is 8.96 Å². The number of nitrogens with zero attached hydrogens (tertiary/aromatic N) is 2. The number of carboxylic acid groups (broad SMARTS) is 1. The average molecular weight is 400 g/mol. The third kappa shape index (κ3) is 6.20. The van der Waals surface area contributed by atoms with E-state index in [1.165, 1.54) is 11.8 Å². The first kappa shape index (κ1) is 18.1. The molecule has 0 aromatic heterocycles. The van der Waals surface area contributed by atoms with Gasteiger partial charge in [-0.1, -0.05) is 0 Å². The molecule has 0 radical (unpaired) electrons. The van der Waals surface area contributed by atoms with Crippen LogP contribution in [0.1, 0.15) is 13.3 Å². The zero-order valence-electron chi connectivity index (χ0n) is 10.9. The Kier molecular flexibility index (Phi) is 7.93. The van der Waals surface area contributed by atoms with Crippen LogP contribution >= 0.6 is 31.9 Å². The van der Waals surface area contributed by atoms with Gasteiger partial charge in [-0.3, -0.25) is 9.59 Å². The second-order valence-electron chi connectivity index (χ2n) is 3.95. The minimum absolute atomic E-state index is 0.0383. The molecule has 0 aliphatic rings. The predicted molar refractivity (Wildman–Crippen MR) is 78.1 cm³/mol. The summed E-state index contributed by atoms with van der Waals surface area (Å²) >= 11 is 5.77. The van der Waals surface area contributed by atoms with Gasteiger partial charge in [0.1, 0.15) is 8.96 Å². The number of hydrogen-bond donors (Lipinski definition) is 1. The van der Waals surface area contributed by atoms with Crippen LogP contribution in [0.5, 0.6) is 0 Å². The number of carbonyl (C=O) groups is 3. The Morgan fingerprint density at radius 1 is 1.00 bits per heavy atom. The molecule has 0 saturated heterocycles. The van der Waals surface area contributed by atoms with Gasteiger partial charge in [-0.2, -0.15) is 0 Å². The molecule has 108 valence electrons. The number of aliphatic carboxylic acids is 1. The summed E-state index contributed by atoms with van der Waals surface area (Å²) in [5.41, 5.74) is 0. The topological polar surface area (TPSA) is 77.9 Å². The largest absolute Gasteiger partial charge is 0.477 e. The highest BCUT2D eigenvalue weighted by molar-refractivity contribution is 9.14. The first-order valence-corrected chi connectivity index (χ1v) is 7.02. The lowest BCUT2D eigenvalue weighted by atomic mass is 10.3. The van der Waals surface area contributed by atoms with Crippen LogP contribution < -0.4 is 0 Å². The molecule has 0 aromatic carbocycles. The van der Waals surface area contributed by atoms with Crippen molar-refractivity contribution in [2.45, 2.75) is 13.3 Å². The maximum atomic E-state index is 11.8. The van der Waals surface area contributed by atoms with Crippen molar-refractivity contribution in [2.24, 2.45) is 0 Å². The number of likely N-dealkylation sites (N-methyl/N-ethyl adjacent to an activating group) is 1. The Morgan fingerprint density at radius 3 is 1.89 bits per heavy atom. The Morgan fingerprint density at radius 2 is 1.47 bits per heavy atom. The molecule has 0 spiro atoms. The van der Waals surface area contributed by atoms with Gasteiger partial charge in [-0.25, -0.2) is 4.79 Å². The van der Waals surface area contributed by atoms with Gasteiger partial charge in [0.2, 0.25) is 5.91 Å². The zero-order chi connectivity index (χ0) is 15.2. The molecule has 19 heavy (non-hydrogen) atoms. The van der Waals surface area contributed by atoms with Gasteiger partial charge in [0, 0.05) is 34.1 Å². The van der Waals surface area contributed by atoms with Crippen LogP contribution in [0.3, 0.4) is 0 Å². The van der Waals surface area contributed by atoms with E-state index in [0.29, 0.717) is 19.5 Å². The number of carbonyl (C=O) groups excluding carboxylic acids is 2. The van der Waals surface area contributed by atoms with Gasteiger partial charge in [-0.05, 0) is 38.3 Å². The maximum absolute atomic E-state index is 11.8. The summed E-state index contributed by atoms with van der Waals surface area (Å²) in [4.78, 5) is 36.5. The lowest BCUT2D eigenvalue weighted by Crippen LogP contribution is -2.32. The SMILES string of the molecule is CC(=O)N(C)CCCN(C)C(=O)/C(Br)=C(/Br)C(=O)O. The third-order valence-corrected chi connectivity index (χ3v) is 4.44. The molecular weight excluding hydrogens is 384 g/mol. The summed E-state index contributed by atoms with van der Waals surface area (Å²) in [6, 6.07) is 0. The fourth-order valence-corrected chi connectivity index (χ4v) is 1.80. The van der Waals surface area contributed by atoms with Crippen molar-refractivity contribution in [1.82, 2.24) is 9.80 Å². The van der Waals surface area contributed by atoms with Crippen LogP contribution in [-0.4, -0.2) is 59.9 Å². The maximum Gasteiger partial charge on any atom is 0.344 e. The van der Waals surface area contributed by atoms with Crippen molar-refractivity contribution < 1.29 is 19.5 Å². The molecular formula is C11H16Br2N2O4. The van der Waals surface area contributed by atoms with Gasteiger partial charge in [0.05, 0.1) is 0 Å². The minimum Gasteiger partial charge on any atom is -0.477 e. The first-order chi connectivity index (χ1) is 8.68. The minimum atomic E-state index is -1.22. The lowest BCUT2D eigenvalue weighted by Gasteiger charge is -2.20. The normalized spacial score (nSPS) is 11.6. The van der Waals surface area contributed by atoms with E-state index in [1.54, 1.807) is 19.0 Å². The second-order valence-corrected chi connectivity index (χ2v) is 5.54. The van der Waals surface area contributed by atoms with Gasteiger partial charge < -0.3 is 14.9 Å². The summed E-state index contributed by atoms with van der Waals surface area (Å²) in [5, 5.41) is 8.74. The van der Waals surface area contributed by atoms with Crippen molar-refractivity contribution >= 4 is 49.6 Å². The van der Waals surface area contributed by atoms with E-state index in [4.69, 9.17) is 5.11 Å². The fourth-order valence-electron chi connectivity index (χ4n) is 1.16. The Hall–Kier alpha value is -0.890. The predicted octanol–water partition coefficient (Wildman–Crippen LogP) is 1.40. The first-order valence-electron chi connectivity index (χ1n) is 5.44. The quantitative estimate of drug-likeness (QED) is 0.684. The summed E-state index contributed by atoms with van der Waals surface area (Å²) in [6.07, 6.45) is 0.614. The van der Waals surface area contributed by atoms with E-state index in [9.17, 15) is 14.4 Å². The van der Waals surface area contributed by atoms with E-state index in [0.717, 1.165) is 0 Å². The molecule has 0 atom stereocenters. The summed E-state index contributed by atoms with van der Waals surface area (Å²) in [6.45, 7) is 2.43. The Labute approximate surface area is 128 Å². The molecule has 0 fully saturated rings. The molecule has 2 amide bonds. The average Bonchev–Trinajstić information content (AvgIpc) is 2.35. The molecule has 0 aromatic rings. The third-order valence-electron chi connectivity index (χ3n) is 2.44. The van der Waals surface area contributed by atoms with Crippen molar-refractivity contribution in [1.29, 1.82) is 0 Å². The molecule has 0 bridgehead atoms. The van der Waals surface area contributed by atoms with Crippen LogP contribution in [-0.2, 0) is 14.4 Å².